The Balaban J connectivity index is 2.21. The van der Waals surface area contributed by atoms with E-state index in [1.165, 1.54) is 6.07 Å². The maximum Gasteiger partial charge on any atom is 0.391 e. The first kappa shape index (κ1) is 14.5. The third-order valence-electron chi connectivity index (χ3n) is 3.61. The zero-order valence-electron chi connectivity index (χ0n) is 10.8. The van der Waals surface area contributed by atoms with Gasteiger partial charge in [-0.1, -0.05) is 6.07 Å². The number of alkyl halides is 3. The van der Waals surface area contributed by atoms with Crippen molar-refractivity contribution in [3.8, 4) is 0 Å². The van der Waals surface area contributed by atoms with Crippen LogP contribution in [0.2, 0.25) is 0 Å². The number of carbonyl (C=O) groups is 1. The van der Waals surface area contributed by atoms with Crippen LogP contribution in [0, 0.1) is 5.92 Å². The Morgan fingerprint density at radius 2 is 1.85 bits per heavy atom. The van der Waals surface area contributed by atoms with Gasteiger partial charge in [0.15, 0.2) is 0 Å². The zero-order chi connectivity index (χ0) is 14.9. The molecule has 1 heterocycles. The Bertz CT molecular complexity index is 508. The lowest BCUT2D eigenvalue weighted by Crippen LogP contribution is -2.40. The van der Waals surface area contributed by atoms with Crippen LogP contribution < -0.4 is 16.4 Å². The van der Waals surface area contributed by atoms with Crippen LogP contribution in [0.1, 0.15) is 23.2 Å². The molecule has 7 heteroatoms. The molecule has 1 aliphatic rings. The van der Waals surface area contributed by atoms with Gasteiger partial charge in [-0.25, -0.2) is 0 Å². The molecule has 1 aliphatic heterocycles. The van der Waals surface area contributed by atoms with Crippen molar-refractivity contribution in [2.75, 3.05) is 23.7 Å². The van der Waals surface area contributed by atoms with Gasteiger partial charge in [-0.05, 0) is 25.0 Å². The van der Waals surface area contributed by atoms with E-state index in [-0.39, 0.29) is 31.5 Å². The number of piperidine rings is 1. The van der Waals surface area contributed by atoms with Crippen molar-refractivity contribution < 1.29 is 18.0 Å². The Morgan fingerprint density at radius 3 is 2.35 bits per heavy atom. The molecule has 0 saturated carbocycles. The number of halogens is 3. The Labute approximate surface area is 114 Å². The van der Waals surface area contributed by atoms with Gasteiger partial charge in [0.2, 0.25) is 0 Å². The van der Waals surface area contributed by atoms with Crippen molar-refractivity contribution in [1.82, 2.24) is 0 Å². The predicted molar refractivity (Wildman–Crippen MR) is 70.4 cm³/mol. The summed E-state index contributed by atoms with van der Waals surface area (Å²) in [6.45, 7) is 0.414. The summed E-state index contributed by atoms with van der Waals surface area (Å²) in [5.41, 5.74) is 12.2. The van der Waals surface area contributed by atoms with Gasteiger partial charge in [-0.2, -0.15) is 13.2 Å². The van der Waals surface area contributed by atoms with E-state index < -0.39 is 18.0 Å². The third-order valence-corrected chi connectivity index (χ3v) is 3.61. The number of amides is 1. The molecule has 1 fully saturated rings. The molecule has 1 amide bonds. The molecule has 1 aromatic carbocycles. The minimum atomic E-state index is -4.17. The molecule has 110 valence electrons. The van der Waals surface area contributed by atoms with Crippen LogP contribution in [0.3, 0.4) is 0 Å². The molecule has 0 unspecified atom stereocenters. The van der Waals surface area contributed by atoms with Gasteiger partial charge < -0.3 is 16.4 Å². The second-order valence-corrected chi connectivity index (χ2v) is 4.91. The lowest BCUT2D eigenvalue weighted by Gasteiger charge is -2.35. The first-order valence-electron chi connectivity index (χ1n) is 6.30. The standard InChI is InChI=1S/C13H16F3N3O/c14-13(15,16)8-4-6-19(7-5-8)11-9(12(18)20)2-1-3-10(11)17/h1-3,8H,4-7,17H2,(H2,18,20). The number of carbonyl (C=O) groups excluding carboxylic acids is 1. The van der Waals surface area contributed by atoms with E-state index >= 15 is 0 Å². The molecule has 0 aliphatic carbocycles. The van der Waals surface area contributed by atoms with Crippen molar-refractivity contribution in [1.29, 1.82) is 0 Å². The van der Waals surface area contributed by atoms with E-state index in [4.69, 9.17) is 11.5 Å². The number of anilines is 2. The number of nitrogen functional groups attached to an aromatic ring is 1. The number of hydrogen-bond donors (Lipinski definition) is 2. The van der Waals surface area contributed by atoms with Crippen LogP contribution in [0.4, 0.5) is 24.5 Å². The second kappa shape index (κ2) is 5.22. The molecule has 1 aromatic rings. The number of rotatable bonds is 2. The normalized spacial score (nSPS) is 17.2. The maximum absolute atomic E-state index is 12.6. The van der Waals surface area contributed by atoms with Crippen LogP contribution in [-0.4, -0.2) is 25.2 Å². The number of benzene rings is 1. The number of nitrogens with zero attached hydrogens (tertiary/aromatic N) is 1. The number of nitrogens with two attached hydrogens (primary N) is 2. The Morgan fingerprint density at radius 1 is 1.25 bits per heavy atom. The first-order chi connectivity index (χ1) is 9.30. The molecule has 0 bridgehead atoms. The molecule has 0 atom stereocenters. The minimum absolute atomic E-state index is 0.00393. The van der Waals surface area contributed by atoms with Crippen LogP contribution >= 0.6 is 0 Å². The van der Waals surface area contributed by atoms with Crippen molar-refractivity contribution >= 4 is 17.3 Å². The summed E-state index contributed by atoms with van der Waals surface area (Å²) < 4.78 is 37.9. The monoisotopic (exact) mass is 287 g/mol. The van der Waals surface area contributed by atoms with E-state index in [2.05, 4.69) is 0 Å². The van der Waals surface area contributed by atoms with E-state index in [1.54, 1.807) is 17.0 Å². The molecular formula is C13H16F3N3O. The third kappa shape index (κ3) is 2.81. The van der Waals surface area contributed by atoms with Crippen molar-refractivity contribution in [2.45, 2.75) is 19.0 Å². The first-order valence-corrected chi connectivity index (χ1v) is 6.30. The fourth-order valence-corrected chi connectivity index (χ4v) is 2.54. The van der Waals surface area contributed by atoms with E-state index in [1.807, 2.05) is 0 Å². The van der Waals surface area contributed by atoms with Gasteiger partial charge in [0.05, 0.1) is 22.9 Å². The van der Waals surface area contributed by atoms with Gasteiger partial charge in [0.25, 0.3) is 5.91 Å². The average Bonchev–Trinajstić information content (AvgIpc) is 2.37. The van der Waals surface area contributed by atoms with Gasteiger partial charge in [0, 0.05) is 13.1 Å². The number of para-hydroxylation sites is 1. The Kier molecular flexibility index (Phi) is 3.78. The SMILES string of the molecule is NC(=O)c1cccc(N)c1N1CCC(C(F)(F)F)CC1. The lowest BCUT2D eigenvalue weighted by atomic mass is 9.95. The highest BCUT2D eigenvalue weighted by Crippen LogP contribution is 2.37. The summed E-state index contributed by atoms with van der Waals surface area (Å²) in [5, 5.41) is 0. The second-order valence-electron chi connectivity index (χ2n) is 4.91. The molecule has 0 radical (unpaired) electrons. The highest BCUT2D eigenvalue weighted by atomic mass is 19.4. The quantitative estimate of drug-likeness (QED) is 0.819. The molecule has 1 saturated heterocycles. The number of primary amides is 1. The average molecular weight is 287 g/mol. The molecule has 0 spiro atoms. The Hall–Kier alpha value is -1.92. The van der Waals surface area contributed by atoms with Crippen molar-refractivity contribution in [2.24, 2.45) is 11.7 Å². The summed E-state index contributed by atoms with van der Waals surface area (Å²) in [4.78, 5) is 13.1. The highest BCUT2D eigenvalue weighted by molar-refractivity contribution is 6.01. The van der Waals surface area contributed by atoms with Gasteiger partial charge in [-0.15, -0.1) is 0 Å². The zero-order valence-corrected chi connectivity index (χ0v) is 10.8. The molecule has 0 aromatic heterocycles. The van der Waals surface area contributed by atoms with E-state index in [0.717, 1.165) is 0 Å². The largest absolute Gasteiger partial charge is 0.397 e. The van der Waals surface area contributed by atoms with Crippen LogP contribution in [0.25, 0.3) is 0 Å². The molecule has 4 nitrogen and oxygen atoms in total. The van der Waals surface area contributed by atoms with Crippen LogP contribution in [-0.2, 0) is 0 Å². The van der Waals surface area contributed by atoms with Gasteiger partial charge >= 0.3 is 6.18 Å². The summed E-state index contributed by atoms with van der Waals surface area (Å²) in [6.07, 6.45) is -4.17. The van der Waals surface area contributed by atoms with Crippen LogP contribution in [0.5, 0.6) is 0 Å². The molecule has 2 rings (SSSR count). The van der Waals surface area contributed by atoms with E-state index in [0.29, 0.717) is 11.4 Å². The lowest BCUT2D eigenvalue weighted by molar-refractivity contribution is -0.179. The smallest absolute Gasteiger partial charge is 0.391 e. The molecule has 20 heavy (non-hydrogen) atoms. The summed E-state index contributed by atoms with van der Waals surface area (Å²) in [6, 6.07) is 4.74. The summed E-state index contributed by atoms with van der Waals surface area (Å²) in [5.74, 6) is -1.93. The highest BCUT2D eigenvalue weighted by Gasteiger charge is 2.41. The predicted octanol–water partition coefficient (Wildman–Crippen LogP) is 2.15. The topological polar surface area (TPSA) is 72.3 Å². The van der Waals surface area contributed by atoms with Gasteiger partial charge in [-0.3, -0.25) is 4.79 Å². The number of hydrogen-bond acceptors (Lipinski definition) is 3. The summed E-state index contributed by atoms with van der Waals surface area (Å²) >= 11 is 0. The molecule has 4 N–H and O–H groups in total. The van der Waals surface area contributed by atoms with Crippen molar-refractivity contribution in [3.63, 3.8) is 0 Å². The fraction of sp³-hybridized carbons (Fsp3) is 0.462. The minimum Gasteiger partial charge on any atom is -0.397 e. The van der Waals surface area contributed by atoms with Crippen molar-refractivity contribution in [3.05, 3.63) is 23.8 Å². The maximum atomic E-state index is 12.6. The molecular weight excluding hydrogens is 271 g/mol. The fourth-order valence-electron chi connectivity index (χ4n) is 2.54. The summed E-state index contributed by atoms with van der Waals surface area (Å²) in [7, 11) is 0. The van der Waals surface area contributed by atoms with Crippen LogP contribution in [0.15, 0.2) is 18.2 Å². The van der Waals surface area contributed by atoms with E-state index in [9.17, 15) is 18.0 Å². The van der Waals surface area contributed by atoms with Gasteiger partial charge in [0.1, 0.15) is 0 Å².